The van der Waals surface area contributed by atoms with E-state index in [0.29, 0.717) is 25.9 Å². The van der Waals surface area contributed by atoms with Crippen molar-refractivity contribution in [2.75, 3.05) is 18.0 Å². The van der Waals surface area contributed by atoms with E-state index < -0.39 is 23.4 Å². The van der Waals surface area contributed by atoms with Gasteiger partial charge in [-0.1, -0.05) is 5.57 Å². The van der Waals surface area contributed by atoms with Crippen LogP contribution in [0, 0.1) is 17.5 Å². The summed E-state index contributed by atoms with van der Waals surface area (Å²) in [5, 5.41) is 8.62. The molecule has 0 atom stereocenters. The van der Waals surface area contributed by atoms with Gasteiger partial charge in [0.25, 0.3) is 0 Å². The summed E-state index contributed by atoms with van der Waals surface area (Å²) in [5.74, 6) is -4.91. The van der Waals surface area contributed by atoms with Crippen molar-refractivity contribution in [1.29, 1.82) is 0 Å². The fraction of sp³-hybridized carbons (Fsp3) is 0.308. The molecule has 1 heterocycles. The Balaban J connectivity index is 2.14. The van der Waals surface area contributed by atoms with Crippen molar-refractivity contribution < 1.29 is 23.1 Å². The zero-order valence-electron chi connectivity index (χ0n) is 10.00. The van der Waals surface area contributed by atoms with Crippen LogP contribution in [0.5, 0.6) is 0 Å². The molecule has 0 spiro atoms. The van der Waals surface area contributed by atoms with Crippen molar-refractivity contribution in [3.63, 3.8) is 0 Å². The maximum atomic E-state index is 13.6. The lowest BCUT2D eigenvalue weighted by atomic mass is 10.0. The number of nitrogens with zero attached hydrogens (tertiary/aromatic N) is 1. The van der Waals surface area contributed by atoms with Crippen molar-refractivity contribution in [1.82, 2.24) is 0 Å². The normalized spacial score (nSPS) is 15.5. The SMILES string of the molecule is O=C(O)C=C1CCN(c2ccc(F)c(F)c2F)CC1. The van der Waals surface area contributed by atoms with Crippen LogP contribution in [-0.2, 0) is 4.79 Å². The third-order valence-corrected chi connectivity index (χ3v) is 3.09. The van der Waals surface area contributed by atoms with Crippen LogP contribution >= 0.6 is 0 Å². The Hall–Kier alpha value is -1.98. The van der Waals surface area contributed by atoms with Gasteiger partial charge in [-0.2, -0.15) is 0 Å². The highest BCUT2D eigenvalue weighted by Crippen LogP contribution is 2.27. The number of carboxylic acid groups (broad SMARTS) is 1. The van der Waals surface area contributed by atoms with E-state index in [9.17, 15) is 18.0 Å². The van der Waals surface area contributed by atoms with E-state index >= 15 is 0 Å². The summed E-state index contributed by atoms with van der Waals surface area (Å²) in [6.07, 6.45) is 2.06. The lowest BCUT2D eigenvalue weighted by molar-refractivity contribution is -0.131. The van der Waals surface area contributed by atoms with Crippen molar-refractivity contribution in [2.24, 2.45) is 0 Å². The van der Waals surface area contributed by atoms with Gasteiger partial charge < -0.3 is 10.0 Å². The second-order valence-corrected chi connectivity index (χ2v) is 4.32. The molecule has 1 fully saturated rings. The van der Waals surface area contributed by atoms with E-state index in [1.54, 1.807) is 4.90 Å². The lowest BCUT2D eigenvalue weighted by Gasteiger charge is -2.30. The Bertz CT molecular complexity index is 533. The number of anilines is 1. The zero-order valence-corrected chi connectivity index (χ0v) is 10.00. The molecule has 1 aliphatic heterocycles. The second-order valence-electron chi connectivity index (χ2n) is 4.32. The molecular weight excluding hydrogens is 259 g/mol. The summed E-state index contributed by atoms with van der Waals surface area (Å²) < 4.78 is 39.5. The summed E-state index contributed by atoms with van der Waals surface area (Å²) in [4.78, 5) is 12.1. The van der Waals surface area contributed by atoms with Gasteiger partial charge in [0, 0.05) is 19.2 Å². The molecule has 0 aromatic heterocycles. The molecule has 0 bridgehead atoms. The molecule has 1 aromatic rings. The fourth-order valence-corrected chi connectivity index (χ4v) is 2.11. The first-order chi connectivity index (χ1) is 8.99. The number of piperidine rings is 1. The minimum Gasteiger partial charge on any atom is -0.478 e. The van der Waals surface area contributed by atoms with Gasteiger partial charge in [-0.15, -0.1) is 0 Å². The van der Waals surface area contributed by atoms with E-state index in [1.165, 1.54) is 6.07 Å². The maximum absolute atomic E-state index is 13.6. The van der Waals surface area contributed by atoms with E-state index in [2.05, 4.69) is 0 Å². The Kier molecular flexibility index (Phi) is 3.78. The highest BCUT2D eigenvalue weighted by Gasteiger charge is 2.21. The van der Waals surface area contributed by atoms with Crippen LogP contribution in [-0.4, -0.2) is 24.2 Å². The number of aliphatic carboxylic acids is 1. The highest BCUT2D eigenvalue weighted by molar-refractivity contribution is 5.80. The molecule has 6 heteroatoms. The van der Waals surface area contributed by atoms with Gasteiger partial charge in [0.2, 0.25) is 0 Å². The van der Waals surface area contributed by atoms with Gasteiger partial charge in [-0.25, -0.2) is 18.0 Å². The van der Waals surface area contributed by atoms with Gasteiger partial charge in [0.05, 0.1) is 5.69 Å². The minimum atomic E-state index is -1.48. The molecule has 1 saturated heterocycles. The first-order valence-electron chi connectivity index (χ1n) is 5.80. The average Bonchev–Trinajstić information content (AvgIpc) is 2.37. The predicted molar refractivity (Wildman–Crippen MR) is 63.5 cm³/mol. The fourth-order valence-electron chi connectivity index (χ4n) is 2.11. The topological polar surface area (TPSA) is 40.5 Å². The summed E-state index contributed by atoms with van der Waals surface area (Å²) in [6, 6.07) is 2.08. The molecule has 0 unspecified atom stereocenters. The van der Waals surface area contributed by atoms with Crippen LogP contribution in [0.25, 0.3) is 0 Å². The maximum Gasteiger partial charge on any atom is 0.328 e. The molecule has 0 radical (unpaired) electrons. The van der Waals surface area contributed by atoms with Crippen LogP contribution in [0.4, 0.5) is 18.9 Å². The number of carbonyl (C=O) groups is 1. The molecule has 0 aliphatic carbocycles. The highest BCUT2D eigenvalue weighted by atomic mass is 19.2. The number of carboxylic acids is 1. The van der Waals surface area contributed by atoms with E-state index in [0.717, 1.165) is 17.7 Å². The van der Waals surface area contributed by atoms with E-state index in [1.807, 2.05) is 0 Å². The predicted octanol–water partition coefficient (Wildman–Crippen LogP) is 2.72. The zero-order chi connectivity index (χ0) is 14.0. The molecule has 102 valence electrons. The van der Waals surface area contributed by atoms with Crippen LogP contribution in [0.1, 0.15) is 12.8 Å². The smallest absolute Gasteiger partial charge is 0.328 e. The Morgan fingerprint density at radius 3 is 2.37 bits per heavy atom. The Morgan fingerprint density at radius 1 is 1.16 bits per heavy atom. The summed E-state index contributed by atoms with van der Waals surface area (Å²) >= 11 is 0. The van der Waals surface area contributed by atoms with Gasteiger partial charge in [-0.05, 0) is 25.0 Å². The molecule has 0 amide bonds. The number of hydrogen-bond acceptors (Lipinski definition) is 2. The largest absolute Gasteiger partial charge is 0.478 e. The van der Waals surface area contributed by atoms with Crippen molar-refractivity contribution >= 4 is 11.7 Å². The molecular formula is C13H12F3NO2. The van der Waals surface area contributed by atoms with Gasteiger partial charge in [0.1, 0.15) is 0 Å². The first kappa shape index (κ1) is 13.5. The number of halogens is 3. The van der Waals surface area contributed by atoms with Crippen molar-refractivity contribution in [2.45, 2.75) is 12.8 Å². The molecule has 0 saturated carbocycles. The third kappa shape index (κ3) is 2.89. The van der Waals surface area contributed by atoms with Crippen LogP contribution < -0.4 is 4.90 Å². The standard InChI is InChI=1S/C13H12F3NO2/c14-9-1-2-10(13(16)12(9)15)17-5-3-8(4-6-17)7-11(18)19/h1-2,7H,3-6H2,(H,18,19). The molecule has 1 N–H and O–H groups in total. The van der Waals surface area contributed by atoms with E-state index in [-0.39, 0.29) is 5.69 Å². The Morgan fingerprint density at radius 2 is 1.79 bits per heavy atom. The molecule has 1 aliphatic rings. The second kappa shape index (κ2) is 5.34. The quantitative estimate of drug-likeness (QED) is 0.664. The summed E-state index contributed by atoms with van der Waals surface area (Å²) in [7, 11) is 0. The number of hydrogen-bond donors (Lipinski definition) is 1. The molecule has 1 aromatic carbocycles. The third-order valence-electron chi connectivity index (χ3n) is 3.09. The van der Waals surface area contributed by atoms with Crippen LogP contribution in [0.15, 0.2) is 23.8 Å². The molecule has 2 rings (SSSR count). The monoisotopic (exact) mass is 271 g/mol. The van der Waals surface area contributed by atoms with Gasteiger partial charge in [0.15, 0.2) is 17.5 Å². The lowest BCUT2D eigenvalue weighted by Crippen LogP contribution is -2.31. The van der Waals surface area contributed by atoms with Crippen LogP contribution in [0.3, 0.4) is 0 Å². The summed E-state index contributed by atoms with van der Waals surface area (Å²) in [5.41, 5.74) is 0.764. The molecule has 19 heavy (non-hydrogen) atoms. The average molecular weight is 271 g/mol. The summed E-state index contributed by atoms with van der Waals surface area (Å²) in [6.45, 7) is 0.752. The van der Waals surface area contributed by atoms with Gasteiger partial charge >= 0.3 is 5.97 Å². The van der Waals surface area contributed by atoms with Gasteiger partial charge in [-0.3, -0.25) is 0 Å². The van der Waals surface area contributed by atoms with Crippen LogP contribution in [0.2, 0.25) is 0 Å². The van der Waals surface area contributed by atoms with Crippen molar-refractivity contribution in [3.8, 4) is 0 Å². The van der Waals surface area contributed by atoms with Crippen molar-refractivity contribution in [3.05, 3.63) is 41.2 Å². The minimum absolute atomic E-state index is 0.00766. The number of rotatable bonds is 2. The molecule has 3 nitrogen and oxygen atoms in total. The number of benzene rings is 1. The first-order valence-corrected chi connectivity index (χ1v) is 5.80. The Labute approximate surface area is 108 Å². The van der Waals surface area contributed by atoms with E-state index in [4.69, 9.17) is 5.11 Å².